The van der Waals surface area contributed by atoms with E-state index in [0.29, 0.717) is 11.3 Å². The zero-order valence-corrected chi connectivity index (χ0v) is 14.5. The predicted octanol–water partition coefficient (Wildman–Crippen LogP) is 0.764. The van der Waals surface area contributed by atoms with Crippen LogP contribution in [0.4, 0.5) is 0 Å². The average molecular weight is 362 g/mol. The van der Waals surface area contributed by atoms with Crippen molar-refractivity contribution in [3.05, 3.63) is 23.3 Å². The van der Waals surface area contributed by atoms with Crippen LogP contribution in [0.15, 0.2) is 12.1 Å². The number of aromatic hydroxyl groups is 1. The van der Waals surface area contributed by atoms with Gasteiger partial charge in [-0.25, -0.2) is 4.79 Å². The highest BCUT2D eigenvalue weighted by atomic mass is 16.8. The van der Waals surface area contributed by atoms with Gasteiger partial charge in [-0.15, -0.1) is 0 Å². The van der Waals surface area contributed by atoms with Crippen LogP contribution in [-0.4, -0.2) is 52.2 Å². The smallest absolute Gasteiger partial charge is 0.342 e. The van der Waals surface area contributed by atoms with E-state index in [1.807, 2.05) is 0 Å². The van der Waals surface area contributed by atoms with E-state index in [1.54, 1.807) is 19.9 Å². The third-order valence-corrected chi connectivity index (χ3v) is 6.13. The number of carbonyl (C=O) groups excluding carboxylic acids is 2. The Kier molecular flexibility index (Phi) is 2.60. The normalized spacial score (nSPS) is 45.2. The number of esters is 1. The van der Waals surface area contributed by atoms with Gasteiger partial charge in [0.2, 0.25) is 0 Å². The molecule has 1 aromatic rings. The van der Waals surface area contributed by atoms with E-state index in [1.165, 1.54) is 13.2 Å². The quantitative estimate of drug-likeness (QED) is 0.705. The summed E-state index contributed by atoms with van der Waals surface area (Å²) in [5, 5.41) is 21.6. The number of carbonyl (C=O) groups is 2. The van der Waals surface area contributed by atoms with Gasteiger partial charge in [-0.1, -0.05) is 0 Å². The first-order valence-corrected chi connectivity index (χ1v) is 8.37. The Balaban J connectivity index is 1.89. The Bertz CT molecular complexity index is 895. The van der Waals surface area contributed by atoms with Gasteiger partial charge in [0.1, 0.15) is 22.7 Å². The van der Waals surface area contributed by atoms with Crippen molar-refractivity contribution in [2.24, 2.45) is 0 Å². The molecular weight excluding hydrogens is 344 g/mol. The highest BCUT2D eigenvalue weighted by Gasteiger charge is 2.83. The van der Waals surface area contributed by atoms with E-state index < -0.39 is 40.4 Å². The Morgan fingerprint density at radius 1 is 1.23 bits per heavy atom. The van der Waals surface area contributed by atoms with E-state index in [-0.39, 0.29) is 24.2 Å². The maximum absolute atomic E-state index is 12.7. The largest absolute Gasteiger partial charge is 0.507 e. The Morgan fingerprint density at radius 2 is 1.96 bits per heavy atom. The van der Waals surface area contributed by atoms with Gasteiger partial charge in [0, 0.05) is 24.5 Å². The van der Waals surface area contributed by atoms with Gasteiger partial charge >= 0.3 is 5.97 Å². The number of fused-ring (bicyclic) bond motifs is 2. The molecule has 3 fully saturated rings. The first-order chi connectivity index (χ1) is 12.1. The molecule has 4 aliphatic rings. The van der Waals surface area contributed by atoms with Crippen molar-refractivity contribution >= 4 is 11.8 Å². The molecule has 26 heavy (non-hydrogen) atoms. The minimum atomic E-state index is -1.92. The molecule has 0 unspecified atom stereocenters. The number of hydrogen-bond donors (Lipinski definition) is 2. The summed E-state index contributed by atoms with van der Waals surface area (Å²) >= 11 is 0. The molecule has 8 nitrogen and oxygen atoms in total. The Hall–Kier alpha value is -2.16. The van der Waals surface area contributed by atoms with Crippen LogP contribution in [0.2, 0.25) is 0 Å². The van der Waals surface area contributed by atoms with Gasteiger partial charge in [0.25, 0.3) is 0 Å². The summed E-state index contributed by atoms with van der Waals surface area (Å²) in [5.74, 6) is -2.52. The lowest BCUT2D eigenvalue weighted by molar-refractivity contribution is -0.293. The molecule has 138 valence electrons. The fourth-order valence-corrected chi connectivity index (χ4v) is 5.27. The van der Waals surface area contributed by atoms with E-state index in [0.717, 1.165) is 0 Å². The first-order valence-electron chi connectivity index (χ1n) is 8.37. The van der Waals surface area contributed by atoms with Gasteiger partial charge in [-0.3, -0.25) is 4.79 Å². The van der Waals surface area contributed by atoms with Crippen LogP contribution >= 0.6 is 0 Å². The van der Waals surface area contributed by atoms with Crippen LogP contribution in [-0.2, 0) is 24.6 Å². The summed E-state index contributed by atoms with van der Waals surface area (Å²) in [5.41, 5.74) is -4.31. The van der Waals surface area contributed by atoms with E-state index in [2.05, 4.69) is 0 Å². The molecule has 2 saturated heterocycles. The second kappa shape index (κ2) is 4.21. The number of methoxy groups -OCH3 is 1. The number of ketones is 1. The minimum absolute atomic E-state index is 0.0697. The van der Waals surface area contributed by atoms with Gasteiger partial charge in [0.15, 0.2) is 28.9 Å². The maximum atomic E-state index is 12.7. The van der Waals surface area contributed by atoms with Crippen LogP contribution in [0.5, 0.6) is 11.5 Å². The van der Waals surface area contributed by atoms with Crippen molar-refractivity contribution in [3.63, 3.8) is 0 Å². The first kappa shape index (κ1) is 16.0. The number of ether oxygens (including phenoxy) is 4. The van der Waals surface area contributed by atoms with Crippen LogP contribution in [0.1, 0.15) is 42.6 Å². The minimum Gasteiger partial charge on any atom is -0.507 e. The highest BCUT2D eigenvalue weighted by Crippen LogP contribution is 2.68. The Labute approximate surface area is 148 Å². The van der Waals surface area contributed by atoms with Gasteiger partial charge in [-0.05, 0) is 19.9 Å². The van der Waals surface area contributed by atoms with Crippen molar-refractivity contribution in [1.82, 2.24) is 0 Å². The highest BCUT2D eigenvalue weighted by molar-refractivity contribution is 5.99. The van der Waals surface area contributed by atoms with Crippen LogP contribution in [0.3, 0.4) is 0 Å². The van der Waals surface area contributed by atoms with E-state index >= 15 is 0 Å². The fourth-order valence-electron chi connectivity index (χ4n) is 5.27. The number of aliphatic hydroxyl groups is 1. The molecule has 1 spiro atoms. The van der Waals surface area contributed by atoms with Gasteiger partial charge in [0.05, 0.1) is 7.11 Å². The summed E-state index contributed by atoms with van der Waals surface area (Å²) in [6.45, 7) is 3.35. The summed E-state index contributed by atoms with van der Waals surface area (Å²) in [6, 6.07) is 2.87. The molecule has 8 heteroatoms. The second-order valence-electron chi connectivity index (χ2n) is 7.86. The second-order valence-corrected chi connectivity index (χ2v) is 7.86. The van der Waals surface area contributed by atoms with Crippen molar-refractivity contribution in [3.8, 4) is 11.5 Å². The van der Waals surface area contributed by atoms with Crippen LogP contribution < -0.4 is 4.74 Å². The lowest BCUT2D eigenvalue weighted by Crippen LogP contribution is -2.75. The molecule has 3 bridgehead atoms. The summed E-state index contributed by atoms with van der Waals surface area (Å²) in [6.07, 6.45) is -1.52. The lowest BCUT2D eigenvalue weighted by Gasteiger charge is -2.57. The predicted molar refractivity (Wildman–Crippen MR) is 83.7 cm³/mol. The van der Waals surface area contributed by atoms with Crippen LogP contribution in [0, 0.1) is 0 Å². The van der Waals surface area contributed by atoms with Gasteiger partial charge < -0.3 is 29.2 Å². The molecule has 0 radical (unpaired) electrons. The standard InChI is InChI=1S/C18H18O8/c1-15-6-11(20)17(22)7-16(2,25-15)26-18(15)9-4-8(23-3)5-10(19)12(9)13(21)24-14(17)18/h4-5,14,19,22H,6-7H2,1-3H3/t14-,15-,16-,17-,18+/m1/s1. The number of rotatable bonds is 1. The molecule has 5 rings (SSSR count). The number of phenolic OH excluding ortho intramolecular Hbond substituents is 1. The average Bonchev–Trinajstić information content (AvgIpc) is 2.68. The SMILES string of the molecule is COc1cc(O)c2c(c1)[C@@]13O[C@]4(C)C[C@@](O)(C(=O)C[C@@]1(C)O4)[C@H]3OC2=O. The molecule has 5 atom stereocenters. The number of hydrogen-bond acceptors (Lipinski definition) is 8. The summed E-state index contributed by atoms with van der Waals surface area (Å²) in [7, 11) is 1.43. The van der Waals surface area contributed by atoms with Crippen molar-refractivity contribution < 1.29 is 38.7 Å². The molecule has 1 saturated carbocycles. The molecule has 3 heterocycles. The van der Waals surface area contributed by atoms with E-state index in [9.17, 15) is 19.8 Å². The molecule has 1 aromatic carbocycles. The molecule has 0 amide bonds. The Morgan fingerprint density at radius 3 is 2.65 bits per heavy atom. The maximum Gasteiger partial charge on any atom is 0.342 e. The zero-order valence-electron chi connectivity index (χ0n) is 14.5. The number of Topliss-reactive ketones (excluding diaryl/α,β-unsaturated/α-hetero) is 1. The molecule has 0 aromatic heterocycles. The number of benzene rings is 1. The lowest BCUT2D eigenvalue weighted by atomic mass is 9.58. The fraction of sp³-hybridized carbons (Fsp3) is 0.556. The summed E-state index contributed by atoms with van der Waals surface area (Å²) < 4.78 is 23.1. The van der Waals surface area contributed by atoms with Crippen molar-refractivity contribution in [1.29, 1.82) is 0 Å². The summed E-state index contributed by atoms with van der Waals surface area (Å²) in [4.78, 5) is 25.3. The third-order valence-electron chi connectivity index (χ3n) is 6.13. The number of phenols is 1. The monoisotopic (exact) mass is 362 g/mol. The zero-order chi connectivity index (χ0) is 18.7. The molecule has 1 aliphatic carbocycles. The molecular formula is C18H18O8. The molecule has 3 aliphatic heterocycles. The third kappa shape index (κ3) is 1.49. The van der Waals surface area contributed by atoms with E-state index in [4.69, 9.17) is 18.9 Å². The van der Waals surface area contributed by atoms with Crippen molar-refractivity contribution in [2.75, 3.05) is 7.11 Å². The van der Waals surface area contributed by atoms with Crippen molar-refractivity contribution in [2.45, 2.75) is 55.4 Å². The molecule has 2 N–H and O–H groups in total. The van der Waals surface area contributed by atoms with Gasteiger partial charge in [-0.2, -0.15) is 0 Å². The van der Waals surface area contributed by atoms with Crippen LogP contribution in [0.25, 0.3) is 0 Å². The topological polar surface area (TPSA) is 112 Å².